The largest absolute Gasteiger partial charge is 0.416 e. The molecule has 1 aromatic carbocycles. The molecular weight excluding hydrogens is 458 g/mol. The van der Waals surface area contributed by atoms with Crippen LogP contribution in [0.25, 0.3) is 11.0 Å². The lowest BCUT2D eigenvalue weighted by Gasteiger charge is -2.16. The van der Waals surface area contributed by atoms with Crippen molar-refractivity contribution in [3.63, 3.8) is 0 Å². The van der Waals surface area contributed by atoms with Crippen LogP contribution in [-0.2, 0) is 32.9 Å². The molecule has 0 fully saturated rings. The molecule has 2 aromatic heterocycles. The number of hydrogen-bond donors (Lipinski definition) is 1. The minimum Gasteiger partial charge on any atom is -0.321 e. The molecule has 2 heterocycles. The Morgan fingerprint density at radius 3 is 2.00 bits per heavy atom. The zero-order valence-corrected chi connectivity index (χ0v) is 17.4. The molecule has 0 spiro atoms. The highest BCUT2D eigenvalue weighted by Gasteiger charge is 2.37. The second-order valence-corrected chi connectivity index (χ2v) is 7.17. The van der Waals surface area contributed by atoms with Crippen LogP contribution in [0.3, 0.4) is 0 Å². The Labute approximate surface area is 181 Å². The number of benzene rings is 1. The number of amides is 1. The highest BCUT2D eigenvalue weighted by molar-refractivity contribution is 6.09. The van der Waals surface area contributed by atoms with E-state index in [0.29, 0.717) is 0 Å². The summed E-state index contributed by atoms with van der Waals surface area (Å²) < 4.78 is 80.7. The van der Waals surface area contributed by atoms with Gasteiger partial charge < -0.3 is 5.32 Å². The molecule has 0 aliphatic heterocycles. The number of carbonyl (C=O) groups excluding carboxylic acids is 1. The van der Waals surface area contributed by atoms with E-state index in [9.17, 15) is 40.7 Å². The molecule has 0 aliphatic carbocycles. The summed E-state index contributed by atoms with van der Waals surface area (Å²) in [6.45, 7) is 1.64. The standard InChI is InChI=1S/C20H16F6N4O3/c1-4-9-8-27-15-13(17(32)30(3)18(33)29(15)2)14(9)28-16(31)10-5-11(19(21,22)23)7-12(6-10)20(24,25)26/h5-8H,4H2,1-3H3,(H,27,28,31). The Morgan fingerprint density at radius 1 is 0.970 bits per heavy atom. The van der Waals surface area contributed by atoms with Crippen LogP contribution < -0.4 is 16.6 Å². The van der Waals surface area contributed by atoms with Gasteiger partial charge in [-0.3, -0.25) is 18.7 Å². The first-order valence-electron chi connectivity index (χ1n) is 9.35. The topological polar surface area (TPSA) is 86.0 Å². The van der Waals surface area contributed by atoms with Crippen molar-refractivity contribution in [1.29, 1.82) is 0 Å². The summed E-state index contributed by atoms with van der Waals surface area (Å²) in [5.74, 6) is -1.30. The van der Waals surface area contributed by atoms with Gasteiger partial charge in [-0.05, 0) is 30.2 Å². The number of halogens is 6. The van der Waals surface area contributed by atoms with E-state index in [-0.39, 0.29) is 46.9 Å². The Hall–Kier alpha value is -3.64. The van der Waals surface area contributed by atoms with Gasteiger partial charge in [0, 0.05) is 25.9 Å². The van der Waals surface area contributed by atoms with Gasteiger partial charge in [0.2, 0.25) is 0 Å². The second-order valence-electron chi connectivity index (χ2n) is 7.17. The van der Waals surface area contributed by atoms with Gasteiger partial charge in [-0.1, -0.05) is 6.92 Å². The molecule has 0 unspecified atom stereocenters. The fourth-order valence-corrected chi connectivity index (χ4v) is 3.25. The normalized spacial score (nSPS) is 12.3. The third-order valence-corrected chi connectivity index (χ3v) is 5.02. The van der Waals surface area contributed by atoms with Gasteiger partial charge in [-0.25, -0.2) is 9.78 Å². The lowest BCUT2D eigenvalue weighted by atomic mass is 10.0. The first kappa shape index (κ1) is 24.0. The van der Waals surface area contributed by atoms with E-state index in [1.807, 2.05) is 0 Å². The van der Waals surface area contributed by atoms with Crippen LogP contribution in [0.5, 0.6) is 0 Å². The summed E-state index contributed by atoms with van der Waals surface area (Å²) in [7, 11) is 2.49. The number of nitrogens with one attached hydrogen (secondary N) is 1. The van der Waals surface area contributed by atoms with Gasteiger partial charge in [0.15, 0.2) is 5.65 Å². The van der Waals surface area contributed by atoms with Crippen LogP contribution in [-0.4, -0.2) is 20.0 Å². The molecule has 0 atom stereocenters. The van der Waals surface area contributed by atoms with E-state index in [2.05, 4.69) is 10.3 Å². The highest BCUT2D eigenvalue weighted by atomic mass is 19.4. The minimum absolute atomic E-state index is 0.0956. The van der Waals surface area contributed by atoms with Crippen molar-refractivity contribution in [2.45, 2.75) is 25.7 Å². The van der Waals surface area contributed by atoms with Crippen molar-refractivity contribution in [1.82, 2.24) is 14.1 Å². The third kappa shape index (κ3) is 4.34. The van der Waals surface area contributed by atoms with Crippen LogP contribution in [0, 0.1) is 0 Å². The quantitative estimate of drug-likeness (QED) is 0.589. The molecule has 7 nitrogen and oxygen atoms in total. The summed E-state index contributed by atoms with van der Waals surface area (Å²) in [6, 6.07) is 0.475. The van der Waals surface area contributed by atoms with Gasteiger partial charge in [-0.2, -0.15) is 26.3 Å². The van der Waals surface area contributed by atoms with E-state index in [0.717, 1.165) is 9.13 Å². The Morgan fingerprint density at radius 2 is 1.52 bits per heavy atom. The van der Waals surface area contributed by atoms with Gasteiger partial charge in [0.25, 0.3) is 11.5 Å². The van der Waals surface area contributed by atoms with Gasteiger partial charge >= 0.3 is 18.0 Å². The number of aromatic nitrogens is 3. The van der Waals surface area contributed by atoms with Crippen molar-refractivity contribution in [3.05, 3.63) is 67.5 Å². The van der Waals surface area contributed by atoms with E-state index in [4.69, 9.17) is 0 Å². The number of pyridine rings is 1. The first-order valence-corrected chi connectivity index (χ1v) is 9.35. The van der Waals surface area contributed by atoms with Gasteiger partial charge in [0.1, 0.15) is 5.39 Å². The minimum atomic E-state index is -5.14. The van der Waals surface area contributed by atoms with Crippen molar-refractivity contribution in [3.8, 4) is 0 Å². The number of alkyl halides is 6. The Balaban J connectivity index is 2.24. The van der Waals surface area contributed by atoms with Gasteiger partial charge in [-0.15, -0.1) is 0 Å². The average Bonchev–Trinajstić information content (AvgIpc) is 2.74. The lowest BCUT2D eigenvalue weighted by Crippen LogP contribution is -2.38. The molecule has 176 valence electrons. The lowest BCUT2D eigenvalue weighted by molar-refractivity contribution is -0.143. The van der Waals surface area contributed by atoms with Crippen molar-refractivity contribution in [2.75, 3.05) is 5.32 Å². The predicted octanol–water partition coefficient (Wildman–Crippen LogP) is 3.48. The fourth-order valence-electron chi connectivity index (χ4n) is 3.25. The maximum absolute atomic E-state index is 13.1. The molecule has 13 heteroatoms. The van der Waals surface area contributed by atoms with Crippen LogP contribution in [0.4, 0.5) is 32.0 Å². The highest BCUT2D eigenvalue weighted by Crippen LogP contribution is 2.36. The summed E-state index contributed by atoms with van der Waals surface area (Å²) in [4.78, 5) is 41.7. The molecule has 1 N–H and O–H groups in total. The number of anilines is 1. The van der Waals surface area contributed by atoms with E-state index >= 15 is 0 Å². The third-order valence-electron chi connectivity index (χ3n) is 5.02. The van der Waals surface area contributed by atoms with E-state index < -0.39 is 46.2 Å². The molecule has 33 heavy (non-hydrogen) atoms. The zero-order valence-electron chi connectivity index (χ0n) is 17.4. The Bertz CT molecular complexity index is 1350. The molecule has 0 saturated carbocycles. The average molecular weight is 474 g/mol. The number of hydrogen-bond acceptors (Lipinski definition) is 4. The summed E-state index contributed by atoms with van der Waals surface area (Å²) >= 11 is 0. The van der Waals surface area contributed by atoms with Crippen LogP contribution in [0.1, 0.15) is 34.0 Å². The number of nitrogens with zero attached hydrogens (tertiary/aromatic N) is 3. The Kier molecular flexibility index (Phi) is 5.86. The van der Waals surface area contributed by atoms with E-state index in [1.54, 1.807) is 6.92 Å². The number of rotatable bonds is 3. The molecule has 0 aliphatic rings. The monoisotopic (exact) mass is 474 g/mol. The van der Waals surface area contributed by atoms with Crippen LogP contribution in [0.2, 0.25) is 0 Å². The second kappa shape index (κ2) is 8.05. The van der Waals surface area contributed by atoms with Crippen molar-refractivity contribution >= 4 is 22.6 Å². The number of aryl methyl sites for hydroxylation is 2. The van der Waals surface area contributed by atoms with E-state index in [1.165, 1.54) is 20.3 Å². The summed E-state index contributed by atoms with van der Waals surface area (Å²) in [5.41, 5.74) is -5.77. The van der Waals surface area contributed by atoms with Gasteiger partial charge in [0.05, 0.1) is 16.8 Å². The maximum Gasteiger partial charge on any atom is 0.416 e. The predicted molar refractivity (Wildman–Crippen MR) is 106 cm³/mol. The first-order chi connectivity index (χ1) is 15.2. The molecule has 0 bridgehead atoms. The molecular formula is C20H16F6N4O3. The SMILES string of the molecule is CCc1cnc2c(c1NC(=O)c1cc(C(F)(F)F)cc(C(F)(F)F)c1)c(=O)n(C)c(=O)n2C. The van der Waals surface area contributed by atoms with Crippen LogP contribution in [0.15, 0.2) is 34.0 Å². The smallest absolute Gasteiger partial charge is 0.321 e. The summed E-state index contributed by atoms with van der Waals surface area (Å²) in [6.07, 6.45) is -8.81. The maximum atomic E-state index is 13.1. The van der Waals surface area contributed by atoms with Crippen molar-refractivity contribution < 1.29 is 31.1 Å². The summed E-state index contributed by atoms with van der Waals surface area (Å²) in [5, 5.41) is 2.04. The molecule has 3 aromatic rings. The number of carbonyl (C=O) groups is 1. The fraction of sp³-hybridized carbons (Fsp3) is 0.300. The van der Waals surface area contributed by atoms with Crippen molar-refractivity contribution in [2.24, 2.45) is 14.1 Å². The molecule has 0 radical (unpaired) electrons. The number of fused-ring (bicyclic) bond motifs is 1. The molecule has 3 rings (SSSR count). The van der Waals surface area contributed by atoms with Crippen LogP contribution >= 0.6 is 0 Å². The molecule has 1 amide bonds. The molecule has 0 saturated heterocycles. The zero-order chi connectivity index (χ0) is 24.9.